The molecule has 0 saturated heterocycles. The third kappa shape index (κ3) is 17.5. The normalized spacial score (nSPS) is 30.1. The van der Waals surface area contributed by atoms with Crippen molar-refractivity contribution in [3.63, 3.8) is 0 Å². The zero-order valence-corrected chi connectivity index (χ0v) is 83.6. The number of hydrogen-bond acceptors (Lipinski definition) is 2. The van der Waals surface area contributed by atoms with Crippen LogP contribution >= 0.6 is 15.8 Å². The maximum absolute atomic E-state index is 16.9. The molecule has 2 nitrogen and oxygen atoms in total. The third-order valence-electron chi connectivity index (χ3n) is 33.9. The first-order valence-corrected chi connectivity index (χ1v) is 52.4. The van der Waals surface area contributed by atoms with Crippen LogP contribution in [0.1, 0.15) is 382 Å². The second kappa shape index (κ2) is 38.8. The van der Waals surface area contributed by atoms with E-state index in [1.54, 1.807) is 0 Å². The molecule has 126 heavy (non-hydrogen) atoms. The van der Waals surface area contributed by atoms with Gasteiger partial charge in [-0.15, -0.1) is 0 Å². The number of ether oxygens (including phenoxy) is 2. The van der Waals surface area contributed by atoms with Gasteiger partial charge in [-0.25, -0.2) is 35.1 Å². The first-order chi connectivity index (χ1) is 59.4. The number of unbranched alkanes of at least 4 members (excludes halogenated alkanes) is 2. The molecule has 17 aliphatic carbocycles. The van der Waals surface area contributed by atoms with Crippen molar-refractivity contribution in [3.05, 3.63) is 164 Å². The fourth-order valence-corrected chi connectivity index (χ4v) is 41.8. The second-order valence-corrected chi connectivity index (χ2v) is 50.9. The minimum atomic E-state index is -1.27. The Morgan fingerprint density at radius 2 is 0.532 bits per heavy atom. The average Bonchev–Trinajstić information content (AvgIpc) is 0.689. The Bertz CT molecular complexity index is 4420. The van der Waals surface area contributed by atoms with Crippen LogP contribution in [0.4, 0.5) is 35.1 Å². The largest absolute Gasteiger partial charge is 0.496 e. The Kier molecular flexibility index (Phi) is 29.7. The van der Waals surface area contributed by atoms with Crippen LogP contribution in [0.25, 0.3) is 44.5 Å². The van der Waals surface area contributed by atoms with E-state index in [0.717, 1.165) is 138 Å². The molecule has 6 aromatic carbocycles. The fourth-order valence-electron chi connectivity index (χ4n) is 31.0. The summed E-state index contributed by atoms with van der Waals surface area (Å²) in [6, 6.07) is 17.5. The van der Waals surface area contributed by atoms with Crippen LogP contribution in [0.5, 0.6) is 11.5 Å². The Labute approximate surface area is 782 Å². The maximum atomic E-state index is 16.9. The van der Waals surface area contributed by atoms with Gasteiger partial charge in [-0.05, 0) is 412 Å². The number of benzene rings is 6. The molecule has 16 saturated carbocycles. The molecule has 0 N–H and O–H groups in total. The van der Waals surface area contributed by atoms with Crippen molar-refractivity contribution in [2.45, 2.75) is 371 Å². The second-order valence-electron chi connectivity index (χ2n) is 44.8. The Balaban J connectivity index is 0.000000176. The Morgan fingerprint density at radius 1 is 0.310 bits per heavy atom. The summed E-state index contributed by atoms with van der Waals surface area (Å²) in [6.45, 7) is 29.2. The van der Waals surface area contributed by atoms with E-state index in [-0.39, 0.29) is 110 Å². The summed E-state index contributed by atoms with van der Waals surface area (Å²) in [5.74, 6) is 0.898. The van der Waals surface area contributed by atoms with Crippen molar-refractivity contribution in [2.24, 2.45) is 71.0 Å². The monoisotopic (exact) mass is 1950 g/mol. The van der Waals surface area contributed by atoms with E-state index in [9.17, 15) is 0 Å². The molecule has 14 heteroatoms. The smallest absolute Gasteiger partial charge is 0.170 e. The fraction of sp³-hybridized carbons (Fsp3) is 0.643. The minimum absolute atomic E-state index is 0. The molecule has 0 aliphatic heterocycles. The molecule has 17 aliphatic rings. The molecule has 16 fully saturated rings. The summed E-state index contributed by atoms with van der Waals surface area (Å²) in [5, 5.41) is 3.74. The average molecular weight is 1950 g/mol. The summed E-state index contributed by atoms with van der Waals surface area (Å²) in [4.78, 5) is 0. The molecule has 6 aromatic rings. The van der Waals surface area contributed by atoms with Gasteiger partial charge in [0.1, 0.15) is 11.5 Å². The minimum Gasteiger partial charge on any atom is -0.496 e. The van der Waals surface area contributed by atoms with Gasteiger partial charge in [-0.2, -0.15) is 0 Å². The summed E-state index contributed by atoms with van der Waals surface area (Å²) in [7, 11) is 2.18. The van der Waals surface area contributed by atoms with Gasteiger partial charge in [0, 0.05) is 62.6 Å². The van der Waals surface area contributed by atoms with E-state index in [1.165, 1.54) is 190 Å². The first-order valence-electron chi connectivity index (χ1n) is 49.7. The Hall–Kier alpha value is -3.98. The summed E-state index contributed by atoms with van der Waals surface area (Å²) in [6.07, 6.45) is 48.6. The molecule has 0 aromatic heterocycles. The van der Waals surface area contributed by atoms with Crippen molar-refractivity contribution in [1.29, 1.82) is 0 Å². The molecular formula is C112H146F8O2P2Pd2. The predicted octanol–water partition coefficient (Wildman–Crippen LogP) is 33.4. The van der Waals surface area contributed by atoms with Crippen molar-refractivity contribution >= 4 is 26.5 Å². The van der Waals surface area contributed by atoms with Gasteiger partial charge in [-0.1, -0.05) is 186 Å². The van der Waals surface area contributed by atoms with Gasteiger partial charge in [0.2, 0.25) is 0 Å². The number of methoxy groups -OCH3 is 2. The van der Waals surface area contributed by atoms with Gasteiger partial charge in [0.25, 0.3) is 0 Å². The van der Waals surface area contributed by atoms with Gasteiger partial charge in [0.05, 0.1) is 25.3 Å². The quantitative estimate of drug-likeness (QED) is 0.0198. The zero-order valence-electron chi connectivity index (χ0n) is 78.7. The van der Waals surface area contributed by atoms with Crippen molar-refractivity contribution in [2.75, 3.05) is 14.2 Å². The molecule has 0 radical (unpaired) electrons. The van der Waals surface area contributed by atoms with Crippen molar-refractivity contribution < 1.29 is 85.4 Å². The topological polar surface area (TPSA) is 18.5 Å². The molecule has 0 spiro atoms. The summed E-state index contributed by atoms with van der Waals surface area (Å²) < 4.78 is 145. The summed E-state index contributed by atoms with van der Waals surface area (Å²) >= 11 is 0. The molecular weight excluding hydrogens is 1800 g/mol. The number of allylic oxidation sites excluding steroid dienone is 4. The number of rotatable bonds is 24. The molecule has 0 amide bonds. The standard InChI is InChI=1S/2C52H67F4OP.C8H12.2Pd/c2*1-9-10-12-38-46(53)48(55)45(49(56)47(38)54)44-40(29(4)5)21-39(28(2)3)43(42(44)30(6)7)37-13-11-14-41(57-8)50(37)58(51-22-31-15-32(23-51)17-33(16-31)24-51)52-25-34-18-35(26-52)20-36(19-34)27-52;1-2-4-6-8-7-5-3-1;;/h2*11,13-14,21,28-36H,9-10,12,15-20,22-27H2,1-8H3;1-2,7-8H,3-6H2;;. The molecule has 16 bridgehead atoms. The van der Waals surface area contributed by atoms with E-state index in [4.69, 9.17) is 9.47 Å². The van der Waals surface area contributed by atoms with Crippen LogP contribution in [0.15, 0.2) is 72.8 Å². The zero-order chi connectivity index (χ0) is 87.7. The number of halogens is 8. The SMILES string of the molecule is C1=CCCC=CCC1.CCCCc1c(F)c(F)c(-c2c(C(C)C)cc(C(C)C)c(-c3cccc(OC)c3P(C34CC5CC(CC(C5)C3)C4)C34CC5CC(CC(C5)C3)C4)c2C(C)C)c(F)c1F.CCCCc1c(F)c(F)c(-c2c(C(C)C)cc(C(C)C)c(-c3cccc(OC)c3P(C34CC5CC(CC(C5)C3)C4)C34CC5CC(CC(C5)C3)C4)c2C(C)C)c(F)c1F.[Pd].[Pd]. The van der Waals surface area contributed by atoms with E-state index in [1.807, 2.05) is 55.8 Å². The van der Waals surface area contributed by atoms with Crippen LogP contribution in [-0.2, 0) is 53.7 Å². The van der Waals surface area contributed by atoms with Gasteiger partial charge in [-0.3, -0.25) is 0 Å². The molecule has 23 rings (SSSR count). The van der Waals surface area contributed by atoms with Crippen LogP contribution in [0.3, 0.4) is 0 Å². The third-order valence-corrected chi connectivity index (χ3v) is 41.7. The van der Waals surface area contributed by atoms with E-state index >= 15 is 35.1 Å². The van der Waals surface area contributed by atoms with Gasteiger partial charge < -0.3 is 9.47 Å². The van der Waals surface area contributed by atoms with Crippen LogP contribution < -0.4 is 20.1 Å². The van der Waals surface area contributed by atoms with Crippen LogP contribution in [0.2, 0.25) is 0 Å². The van der Waals surface area contributed by atoms with Gasteiger partial charge >= 0.3 is 0 Å². The Morgan fingerprint density at radius 3 is 0.730 bits per heavy atom. The predicted molar refractivity (Wildman–Crippen MR) is 503 cm³/mol. The molecule has 692 valence electrons. The molecule has 0 unspecified atom stereocenters. The van der Waals surface area contributed by atoms with E-state index < -0.39 is 84.6 Å². The number of hydrogen-bond donors (Lipinski definition) is 0. The molecule has 0 atom stereocenters. The van der Waals surface area contributed by atoms with E-state index in [0.29, 0.717) is 36.8 Å². The maximum Gasteiger partial charge on any atom is 0.170 e. The van der Waals surface area contributed by atoms with Crippen molar-refractivity contribution in [1.82, 2.24) is 0 Å². The van der Waals surface area contributed by atoms with Crippen molar-refractivity contribution in [3.8, 4) is 56.0 Å². The molecule has 0 heterocycles. The summed E-state index contributed by atoms with van der Waals surface area (Å²) in [5.41, 5.74) is 8.26. The van der Waals surface area contributed by atoms with Gasteiger partial charge in [0.15, 0.2) is 46.5 Å². The van der Waals surface area contributed by atoms with E-state index in [2.05, 4.69) is 128 Å². The first kappa shape index (κ1) is 96.6. The van der Waals surface area contributed by atoms with Crippen LogP contribution in [0, 0.1) is 118 Å². The van der Waals surface area contributed by atoms with Crippen LogP contribution in [-0.4, -0.2) is 34.8 Å².